The second-order valence-corrected chi connectivity index (χ2v) is 21.2. The van der Waals surface area contributed by atoms with E-state index in [4.69, 9.17) is 38.9 Å². The van der Waals surface area contributed by atoms with Crippen LogP contribution in [0.3, 0.4) is 0 Å². The molecule has 2 bridgehead atoms. The van der Waals surface area contributed by atoms with Crippen LogP contribution in [0, 0.1) is 29.6 Å². The highest BCUT2D eigenvalue weighted by molar-refractivity contribution is 6.39. The number of nitrogens with zero attached hydrogens (tertiary/aromatic N) is 1. The van der Waals surface area contributed by atoms with Gasteiger partial charge in [0.2, 0.25) is 5.79 Å². The van der Waals surface area contributed by atoms with E-state index < -0.39 is 120 Å². The summed E-state index contributed by atoms with van der Waals surface area (Å²) >= 11 is 0. The molecule has 0 aromatic carbocycles. The second-order valence-electron chi connectivity index (χ2n) is 21.2. The number of rotatable bonds is 13. The summed E-state index contributed by atoms with van der Waals surface area (Å²) in [5.74, 6) is -9.22. The monoisotopic (exact) mass is 1060 g/mol. The maximum absolute atomic E-state index is 14.5. The van der Waals surface area contributed by atoms with Crippen LogP contribution in [0.5, 0.6) is 0 Å². The highest BCUT2D eigenvalue weighted by atomic mass is 16.6. The number of fused-ring (bicyclic) bond motifs is 3. The van der Waals surface area contributed by atoms with E-state index in [-0.39, 0.29) is 56.4 Å². The molecule has 0 radical (unpaired) electrons. The highest BCUT2D eigenvalue weighted by Gasteiger charge is 2.53. The van der Waals surface area contributed by atoms with Crippen LogP contribution >= 0.6 is 0 Å². The maximum atomic E-state index is 14.5. The van der Waals surface area contributed by atoms with E-state index in [9.17, 15) is 44.1 Å². The summed E-state index contributed by atoms with van der Waals surface area (Å²) in [6.45, 7) is 13.6. The lowest BCUT2D eigenvalue weighted by Crippen LogP contribution is -2.61. The molecule has 15 atom stereocenters. The third-order valence-corrected chi connectivity index (χ3v) is 15.3. The Morgan fingerprint density at radius 1 is 0.893 bits per heavy atom. The van der Waals surface area contributed by atoms with Gasteiger partial charge in [0.25, 0.3) is 11.7 Å². The zero-order chi connectivity index (χ0) is 55.4. The third kappa shape index (κ3) is 18.8. The zero-order valence-electron chi connectivity index (χ0n) is 45.9. The van der Waals surface area contributed by atoms with Crippen LogP contribution < -0.4 is 11.1 Å². The smallest absolute Gasteiger partial charge is 0.407 e. The molecule has 4 aliphatic rings. The molecule has 3 aliphatic heterocycles. The molecule has 0 spiro atoms. The predicted octanol–water partition coefficient (Wildman–Crippen LogP) is 5.00. The Morgan fingerprint density at radius 3 is 2.33 bits per heavy atom. The number of carbonyl (C=O) groups is 6. The summed E-state index contributed by atoms with van der Waals surface area (Å²) in [6.07, 6.45) is 7.13. The largest absolute Gasteiger partial charge is 0.459 e. The Labute approximate surface area is 444 Å². The number of Topliss-reactive ketones (excluding diaryl/α,β-unsaturated/α-hetero) is 3. The van der Waals surface area contributed by atoms with Crippen molar-refractivity contribution in [1.82, 2.24) is 10.2 Å². The standard InChI is InChI=1S/C56H89N3O16/c1-10-71-26-27-72-25-23-58-55(67)74-51-38(6)29-36(4)45(61)33-47(42(57)30-40-20-22-44(60)48(31-40)70-9)73-54(66)43-18-14-15-24-59(43)53(65)52(64)56(68)39(7)19-21-41(75-56)32-46(69-8)35(3)17-13-11-12-16-34(2)28-37(5)49(62)50(51)63/h11-13,16-17,29,34,36-37,39-44,46-48,50-51,60,63,68H,10,14-15,18-28,30-33,57H2,1-9H3,(H,58,67)/b13-11+,16-12+,35-17+,38-29+/t34-,36-,37-,39-,40+,41+,42-,43+,44-,46+,47+,48-,50+,51-,56-/m1/s1. The van der Waals surface area contributed by atoms with Crippen LogP contribution in [0.2, 0.25) is 0 Å². The van der Waals surface area contributed by atoms with E-state index in [2.05, 4.69) is 5.32 Å². The van der Waals surface area contributed by atoms with E-state index in [0.717, 1.165) is 10.5 Å². The first-order valence-electron chi connectivity index (χ1n) is 27.1. The van der Waals surface area contributed by atoms with Crippen molar-refractivity contribution in [2.75, 3.05) is 53.7 Å². The van der Waals surface area contributed by atoms with Crippen molar-refractivity contribution in [3.05, 3.63) is 47.6 Å². The zero-order valence-corrected chi connectivity index (χ0v) is 45.9. The first-order valence-corrected chi connectivity index (χ1v) is 27.1. The number of hydrogen-bond donors (Lipinski definition) is 5. The highest BCUT2D eigenvalue weighted by Crippen LogP contribution is 2.37. The average Bonchev–Trinajstić information content (AvgIpc) is 3.38. The number of piperidine rings is 1. The van der Waals surface area contributed by atoms with E-state index in [1.807, 2.05) is 51.2 Å². The summed E-state index contributed by atoms with van der Waals surface area (Å²) in [6, 6.07) is -2.16. The average molecular weight is 1060 g/mol. The number of aliphatic hydroxyl groups is 3. The van der Waals surface area contributed by atoms with Crippen LogP contribution in [-0.2, 0) is 57.1 Å². The van der Waals surface area contributed by atoms with Gasteiger partial charge in [-0.3, -0.25) is 19.2 Å². The molecule has 19 nitrogen and oxygen atoms in total. The van der Waals surface area contributed by atoms with Crippen molar-refractivity contribution >= 4 is 35.3 Å². The van der Waals surface area contributed by atoms with Crippen molar-refractivity contribution in [3.63, 3.8) is 0 Å². The molecule has 3 fully saturated rings. The maximum Gasteiger partial charge on any atom is 0.407 e. The van der Waals surface area contributed by atoms with E-state index in [1.54, 1.807) is 34.8 Å². The Kier molecular flexibility index (Phi) is 26.4. The SMILES string of the molecule is CCOCCOCCNC(=O)O[C@@H]1/C(C)=C/[C@@H](C)C(=O)C[C@@H]([C@H](N)C[C@@H]2CC[C@@H](O)[C@H](OC)C2)OC(=O)[C@@H]2CCCCN2C(=O)C(=O)[C@]2(O)O[C@@H](CC[C@H]2C)C[C@H](OC)/C(C)=C/C=C/C=C/[C@@H](C)C[C@@H](C)C(=O)[C@@H]1O. The van der Waals surface area contributed by atoms with Gasteiger partial charge in [-0.1, -0.05) is 64.2 Å². The van der Waals surface area contributed by atoms with E-state index >= 15 is 0 Å². The van der Waals surface area contributed by atoms with Crippen molar-refractivity contribution in [2.24, 2.45) is 35.3 Å². The normalized spacial score (nSPS) is 36.5. The minimum absolute atomic E-state index is 0.0196. The lowest BCUT2D eigenvalue weighted by atomic mass is 9.80. The molecule has 1 aliphatic carbocycles. The van der Waals surface area contributed by atoms with Gasteiger partial charge >= 0.3 is 12.1 Å². The Bertz CT molecular complexity index is 2010. The van der Waals surface area contributed by atoms with Gasteiger partial charge in [0.05, 0.1) is 44.2 Å². The number of alkyl carbamates (subject to hydrolysis) is 1. The summed E-state index contributed by atoms with van der Waals surface area (Å²) in [5, 5.41) is 36.8. The summed E-state index contributed by atoms with van der Waals surface area (Å²) in [5.41, 5.74) is 7.94. The number of nitrogens with one attached hydrogen (secondary N) is 1. The number of aliphatic hydroxyl groups excluding tert-OH is 2. The van der Waals surface area contributed by atoms with E-state index in [1.165, 1.54) is 13.2 Å². The number of methoxy groups -OCH3 is 2. The van der Waals surface area contributed by atoms with Gasteiger partial charge < -0.3 is 64.4 Å². The summed E-state index contributed by atoms with van der Waals surface area (Å²) in [7, 11) is 3.07. The number of carbonyl (C=O) groups excluding carboxylic acids is 6. The van der Waals surface area contributed by atoms with Gasteiger partial charge in [0.1, 0.15) is 17.9 Å². The molecular weight excluding hydrogens is 971 g/mol. The first kappa shape index (κ1) is 63.4. The fourth-order valence-electron chi connectivity index (χ4n) is 10.6. The van der Waals surface area contributed by atoms with Crippen molar-refractivity contribution < 1.29 is 77.2 Å². The molecule has 0 aromatic heterocycles. The minimum atomic E-state index is -2.48. The van der Waals surface area contributed by atoms with Gasteiger partial charge in [-0.05, 0) is 108 Å². The third-order valence-electron chi connectivity index (χ3n) is 15.3. The van der Waals surface area contributed by atoms with Gasteiger partial charge in [-0.2, -0.15) is 0 Å². The lowest BCUT2D eigenvalue weighted by Gasteiger charge is -2.42. The topological polar surface area (TPSA) is 269 Å². The number of hydrogen-bond acceptors (Lipinski definition) is 17. The number of esters is 1. The quantitative estimate of drug-likeness (QED) is 0.0703. The van der Waals surface area contributed by atoms with Gasteiger partial charge in [-0.25, -0.2) is 9.59 Å². The molecule has 2 amide bonds. The molecule has 6 N–H and O–H groups in total. The van der Waals surface area contributed by atoms with Gasteiger partial charge in [0, 0.05) is 70.6 Å². The van der Waals surface area contributed by atoms with Gasteiger partial charge in [0.15, 0.2) is 18.0 Å². The number of amides is 2. The van der Waals surface area contributed by atoms with Crippen molar-refractivity contribution in [1.29, 1.82) is 0 Å². The molecule has 0 aromatic rings. The van der Waals surface area contributed by atoms with Gasteiger partial charge in [-0.15, -0.1) is 0 Å². The lowest BCUT2D eigenvalue weighted by molar-refractivity contribution is -0.265. The fourth-order valence-corrected chi connectivity index (χ4v) is 10.6. The molecule has 19 heteroatoms. The number of ether oxygens (including phenoxy) is 7. The van der Waals surface area contributed by atoms with Crippen LogP contribution in [0.25, 0.3) is 0 Å². The molecule has 424 valence electrons. The van der Waals surface area contributed by atoms with E-state index in [0.29, 0.717) is 71.2 Å². The number of ketones is 3. The molecule has 0 unspecified atom stereocenters. The first-order chi connectivity index (χ1) is 35.6. The Hall–Kier alpha value is -4.18. The van der Waals surface area contributed by atoms with Crippen molar-refractivity contribution in [2.45, 2.75) is 186 Å². The molecule has 4 rings (SSSR count). The Balaban J connectivity index is 1.72. The summed E-state index contributed by atoms with van der Waals surface area (Å²) < 4.78 is 40.2. The van der Waals surface area contributed by atoms with Crippen LogP contribution in [-0.4, -0.2) is 170 Å². The number of nitrogens with two attached hydrogens (primary N) is 1. The minimum Gasteiger partial charge on any atom is -0.459 e. The molecule has 2 saturated heterocycles. The summed E-state index contributed by atoms with van der Waals surface area (Å²) in [4.78, 5) is 85.8. The Morgan fingerprint density at radius 2 is 1.63 bits per heavy atom. The second kappa shape index (κ2) is 31.3. The van der Waals surface area contributed by atoms with Crippen LogP contribution in [0.4, 0.5) is 4.79 Å². The molecular formula is C56H89N3O16. The molecule has 3 heterocycles. The van der Waals surface area contributed by atoms with Crippen LogP contribution in [0.15, 0.2) is 47.6 Å². The number of cyclic esters (lactones) is 1. The van der Waals surface area contributed by atoms with Crippen LogP contribution in [0.1, 0.15) is 126 Å². The van der Waals surface area contributed by atoms with Crippen molar-refractivity contribution in [3.8, 4) is 0 Å². The predicted molar refractivity (Wildman–Crippen MR) is 279 cm³/mol. The fraction of sp³-hybridized carbons (Fsp3) is 0.750. The number of allylic oxidation sites excluding steroid dienone is 6. The molecule has 75 heavy (non-hydrogen) atoms. The molecule has 1 saturated carbocycles.